The van der Waals surface area contributed by atoms with Crippen molar-refractivity contribution < 1.29 is 19.4 Å². The van der Waals surface area contributed by atoms with Crippen molar-refractivity contribution in [1.82, 2.24) is 4.90 Å². The maximum atomic E-state index is 12.0. The Morgan fingerprint density at radius 3 is 2.84 bits per heavy atom. The lowest BCUT2D eigenvalue weighted by atomic mass is 10.2. The molecule has 5 heteroatoms. The van der Waals surface area contributed by atoms with Crippen LogP contribution in [-0.4, -0.2) is 48.8 Å². The summed E-state index contributed by atoms with van der Waals surface area (Å²) in [5, 5.41) is 9.20. The zero-order valence-corrected chi connectivity index (χ0v) is 11.0. The highest BCUT2D eigenvalue weighted by Gasteiger charge is 2.28. The van der Waals surface area contributed by atoms with Crippen molar-refractivity contribution in [3.8, 4) is 11.5 Å². The number of amides is 1. The molecule has 0 aliphatic carbocycles. The highest BCUT2D eigenvalue weighted by molar-refractivity contribution is 5.78. The van der Waals surface area contributed by atoms with E-state index in [-0.39, 0.29) is 25.2 Å². The molecular weight excluding hydrogens is 246 g/mol. The van der Waals surface area contributed by atoms with Crippen LogP contribution in [0.25, 0.3) is 0 Å². The highest BCUT2D eigenvalue weighted by Crippen LogP contribution is 2.26. The number of carbonyl (C=O) groups excluding carboxylic acids is 1. The predicted molar refractivity (Wildman–Crippen MR) is 70.3 cm³/mol. The van der Waals surface area contributed by atoms with E-state index in [1.165, 1.54) is 0 Å². The standard InChI is InChI=1S/C14H19NO4/c1-18-12-6-2-3-7-13(12)19-10-14(17)15-8-4-5-11(15)9-16/h2-3,6-7,11,16H,4-5,8-10H2,1H3/t11-/m0/s1. The molecule has 0 spiro atoms. The van der Waals surface area contributed by atoms with E-state index in [0.717, 1.165) is 12.8 Å². The molecule has 0 bridgehead atoms. The van der Waals surface area contributed by atoms with Gasteiger partial charge in [-0.05, 0) is 25.0 Å². The van der Waals surface area contributed by atoms with Gasteiger partial charge >= 0.3 is 0 Å². The summed E-state index contributed by atoms with van der Waals surface area (Å²) in [6.45, 7) is 0.677. The lowest BCUT2D eigenvalue weighted by Crippen LogP contribution is -2.40. The minimum Gasteiger partial charge on any atom is -0.493 e. The Bertz CT molecular complexity index is 435. The van der Waals surface area contributed by atoms with Crippen LogP contribution < -0.4 is 9.47 Å². The summed E-state index contributed by atoms with van der Waals surface area (Å²) in [4.78, 5) is 13.7. The van der Waals surface area contributed by atoms with Crippen molar-refractivity contribution in [2.45, 2.75) is 18.9 Å². The van der Waals surface area contributed by atoms with Gasteiger partial charge in [-0.3, -0.25) is 4.79 Å². The molecule has 5 nitrogen and oxygen atoms in total. The number of methoxy groups -OCH3 is 1. The molecule has 1 heterocycles. The number of likely N-dealkylation sites (tertiary alicyclic amines) is 1. The number of carbonyl (C=O) groups is 1. The fourth-order valence-corrected chi connectivity index (χ4v) is 2.31. The first-order valence-electron chi connectivity index (χ1n) is 6.42. The van der Waals surface area contributed by atoms with Crippen molar-refractivity contribution >= 4 is 5.91 Å². The van der Waals surface area contributed by atoms with E-state index in [9.17, 15) is 9.90 Å². The topological polar surface area (TPSA) is 59.0 Å². The van der Waals surface area contributed by atoms with Crippen molar-refractivity contribution in [3.63, 3.8) is 0 Å². The molecule has 0 radical (unpaired) electrons. The SMILES string of the molecule is COc1ccccc1OCC(=O)N1CCC[C@H]1CO. The van der Waals surface area contributed by atoms with Crippen LogP contribution in [0.3, 0.4) is 0 Å². The van der Waals surface area contributed by atoms with E-state index in [0.29, 0.717) is 18.0 Å². The maximum Gasteiger partial charge on any atom is 0.260 e. The third-order valence-corrected chi connectivity index (χ3v) is 3.33. The van der Waals surface area contributed by atoms with Crippen LogP contribution in [0.2, 0.25) is 0 Å². The Kier molecular flexibility index (Phi) is 4.63. The van der Waals surface area contributed by atoms with Crippen LogP contribution in [0.1, 0.15) is 12.8 Å². The van der Waals surface area contributed by atoms with E-state index in [4.69, 9.17) is 9.47 Å². The summed E-state index contributed by atoms with van der Waals surface area (Å²) in [5.41, 5.74) is 0. The van der Waals surface area contributed by atoms with Gasteiger partial charge in [0.15, 0.2) is 18.1 Å². The number of para-hydroxylation sites is 2. The Morgan fingerprint density at radius 2 is 2.16 bits per heavy atom. The molecule has 0 aromatic heterocycles. The first kappa shape index (κ1) is 13.7. The lowest BCUT2D eigenvalue weighted by Gasteiger charge is -2.23. The first-order chi connectivity index (χ1) is 9.26. The third kappa shape index (κ3) is 3.17. The van der Waals surface area contributed by atoms with E-state index in [1.807, 2.05) is 12.1 Å². The highest BCUT2D eigenvalue weighted by atomic mass is 16.5. The Labute approximate surface area is 112 Å². The van der Waals surface area contributed by atoms with Gasteiger partial charge in [-0.25, -0.2) is 0 Å². The van der Waals surface area contributed by atoms with Crippen molar-refractivity contribution in [3.05, 3.63) is 24.3 Å². The van der Waals surface area contributed by atoms with E-state index < -0.39 is 0 Å². The van der Waals surface area contributed by atoms with Crippen molar-refractivity contribution in [1.29, 1.82) is 0 Å². The molecule has 19 heavy (non-hydrogen) atoms. The number of nitrogens with zero attached hydrogens (tertiary/aromatic N) is 1. The second-order valence-electron chi connectivity index (χ2n) is 4.51. The quantitative estimate of drug-likeness (QED) is 0.864. The van der Waals surface area contributed by atoms with Crippen LogP contribution in [0, 0.1) is 0 Å². The second-order valence-corrected chi connectivity index (χ2v) is 4.51. The normalized spacial score (nSPS) is 18.4. The molecule has 0 saturated carbocycles. The summed E-state index contributed by atoms with van der Waals surface area (Å²) >= 11 is 0. The van der Waals surface area contributed by atoms with Gasteiger partial charge in [-0.15, -0.1) is 0 Å². The predicted octanol–water partition coefficient (Wildman–Crippen LogP) is 1.06. The summed E-state index contributed by atoms with van der Waals surface area (Å²) in [6, 6.07) is 7.16. The number of ether oxygens (including phenoxy) is 2. The summed E-state index contributed by atoms with van der Waals surface area (Å²) in [7, 11) is 1.56. The number of rotatable bonds is 5. The Morgan fingerprint density at radius 1 is 1.42 bits per heavy atom. The number of hydrogen-bond donors (Lipinski definition) is 1. The molecule has 1 fully saturated rings. The first-order valence-corrected chi connectivity index (χ1v) is 6.42. The molecule has 1 aliphatic heterocycles. The van der Waals surface area contributed by atoms with E-state index >= 15 is 0 Å². The molecule has 1 aliphatic rings. The van der Waals surface area contributed by atoms with Gasteiger partial charge in [0.25, 0.3) is 5.91 Å². The molecule has 1 aromatic rings. The third-order valence-electron chi connectivity index (χ3n) is 3.33. The summed E-state index contributed by atoms with van der Waals surface area (Å²) in [6.07, 6.45) is 1.79. The van der Waals surface area contributed by atoms with Gasteiger partial charge in [0, 0.05) is 6.54 Å². The zero-order valence-electron chi connectivity index (χ0n) is 11.0. The van der Waals surface area contributed by atoms with Crippen molar-refractivity contribution in [2.75, 3.05) is 26.9 Å². The zero-order chi connectivity index (χ0) is 13.7. The second kappa shape index (κ2) is 6.43. The monoisotopic (exact) mass is 265 g/mol. The number of hydrogen-bond acceptors (Lipinski definition) is 4. The molecule has 0 unspecified atom stereocenters. The Balaban J connectivity index is 1.93. The molecule has 2 rings (SSSR count). The van der Waals surface area contributed by atoms with Gasteiger partial charge in [0.05, 0.1) is 19.8 Å². The molecular formula is C14H19NO4. The molecule has 104 valence electrons. The molecule has 1 saturated heterocycles. The smallest absolute Gasteiger partial charge is 0.260 e. The Hall–Kier alpha value is -1.75. The summed E-state index contributed by atoms with van der Waals surface area (Å²) in [5.74, 6) is 1.07. The fraction of sp³-hybridized carbons (Fsp3) is 0.500. The number of aliphatic hydroxyl groups excluding tert-OH is 1. The minimum absolute atomic E-state index is 0.0143. The van der Waals surface area contributed by atoms with E-state index in [2.05, 4.69) is 0 Å². The van der Waals surface area contributed by atoms with Crippen LogP contribution in [0.5, 0.6) is 11.5 Å². The maximum absolute atomic E-state index is 12.0. The summed E-state index contributed by atoms with van der Waals surface area (Å²) < 4.78 is 10.7. The van der Waals surface area contributed by atoms with Gasteiger partial charge in [-0.2, -0.15) is 0 Å². The molecule has 1 N–H and O–H groups in total. The van der Waals surface area contributed by atoms with Gasteiger partial charge < -0.3 is 19.5 Å². The average Bonchev–Trinajstić information content (AvgIpc) is 2.93. The number of benzene rings is 1. The van der Waals surface area contributed by atoms with Crippen LogP contribution >= 0.6 is 0 Å². The number of aliphatic hydroxyl groups is 1. The average molecular weight is 265 g/mol. The van der Waals surface area contributed by atoms with Gasteiger partial charge in [0.2, 0.25) is 0 Å². The molecule has 1 atom stereocenters. The largest absolute Gasteiger partial charge is 0.493 e. The van der Waals surface area contributed by atoms with Crippen molar-refractivity contribution in [2.24, 2.45) is 0 Å². The van der Waals surface area contributed by atoms with E-state index in [1.54, 1.807) is 24.1 Å². The fourth-order valence-electron chi connectivity index (χ4n) is 2.31. The van der Waals surface area contributed by atoms with Crippen LogP contribution in [0.4, 0.5) is 0 Å². The molecule has 1 aromatic carbocycles. The van der Waals surface area contributed by atoms with Crippen LogP contribution in [-0.2, 0) is 4.79 Å². The van der Waals surface area contributed by atoms with Gasteiger partial charge in [-0.1, -0.05) is 12.1 Å². The van der Waals surface area contributed by atoms with Crippen LogP contribution in [0.15, 0.2) is 24.3 Å². The lowest BCUT2D eigenvalue weighted by molar-refractivity contribution is -0.134. The minimum atomic E-state index is -0.0949. The van der Waals surface area contributed by atoms with Gasteiger partial charge in [0.1, 0.15) is 0 Å². The molecule has 1 amide bonds.